The molecule has 0 saturated carbocycles. The first-order chi connectivity index (χ1) is 8.02. The molecule has 6 heteroatoms. The van der Waals surface area contributed by atoms with E-state index in [2.05, 4.69) is 16.3 Å². The molecular formula is C11H19N5S. The largest absolute Gasteiger partial charge is 0.313 e. The van der Waals surface area contributed by atoms with Crippen LogP contribution in [-0.2, 0) is 7.05 Å². The summed E-state index contributed by atoms with van der Waals surface area (Å²) in [4.78, 5) is 0. The second kappa shape index (κ2) is 6.03. The third-order valence-corrected chi connectivity index (χ3v) is 4.01. The maximum atomic E-state index is 8.94. The molecule has 1 aromatic heterocycles. The lowest BCUT2D eigenvalue weighted by Gasteiger charge is -2.18. The molecule has 1 atom stereocenters. The lowest BCUT2D eigenvalue weighted by molar-refractivity contribution is 0.478. The zero-order chi connectivity index (χ0) is 12.9. The van der Waals surface area contributed by atoms with Gasteiger partial charge >= 0.3 is 0 Å². The predicted molar refractivity (Wildman–Crippen MR) is 68.5 cm³/mol. The maximum Gasteiger partial charge on any atom is 0.190 e. The van der Waals surface area contributed by atoms with Crippen LogP contribution in [0.15, 0.2) is 5.16 Å². The van der Waals surface area contributed by atoms with E-state index in [-0.39, 0.29) is 0 Å². The fourth-order valence-electron chi connectivity index (χ4n) is 1.38. The van der Waals surface area contributed by atoms with E-state index < -0.39 is 5.54 Å². The molecule has 0 saturated heterocycles. The summed E-state index contributed by atoms with van der Waals surface area (Å²) in [6, 6.07) is 2.18. The van der Waals surface area contributed by atoms with E-state index in [1.165, 1.54) is 0 Å². The lowest BCUT2D eigenvalue weighted by Crippen LogP contribution is -2.37. The van der Waals surface area contributed by atoms with E-state index in [4.69, 9.17) is 11.0 Å². The van der Waals surface area contributed by atoms with Crippen molar-refractivity contribution >= 4 is 11.8 Å². The zero-order valence-electron chi connectivity index (χ0n) is 10.6. The molecule has 0 spiro atoms. The van der Waals surface area contributed by atoms with Crippen molar-refractivity contribution in [1.82, 2.24) is 14.8 Å². The van der Waals surface area contributed by atoms with Crippen LogP contribution >= 0.6 is 11.8 Å². The summed E-state index contributed by atoms with van der Waals surface area (Å²) in [6.07, 6.45) is 2.33. The first-order valence-corrected chi connectivity index (χ1v) is 6.70. The molecule has 0 aromatic carbocycles. The summed E-state index contributed by atoms with van der Waals surface area (Å²) < 4.78 is 1.96. The topological polar surface area (TPSA) is 80.5 Å². The molecule has 1 unspecified atom stereocenters. The second-order valence-corrected chi connectivity index (χ2v) is 5.22. The molecular weight excluding hydrogens is 234 g/mol. The SMILES string of the molecule is CCC(N)(C#N)CCCSc1nnc(C)n1C. The van der Waals surface area contributed by atoms with Crippen molar-refractivity contribution < 1.29 is 0 Å². The molecule has 0 radical (unpaired) electrons. The number of nitrogens with zero attached hydrogens (tertiary/aromatic N) is 4. The van der Waals surface area contributed by atoms with Crippen LogP contribution in [0, 0.1) is 18.3 Å². The lowest BCUT2D eigenvalue weighted by atomic mass is 9.94. The summed E-state index contributed by atoms with van der Waals surface area (Å²) in [5.41, 5.74) is 5.24. The van der Waals surface area contributed by atoms with Crippen LogP contribution in [0.4, 0.5) is 0 Å². The third kappa shape index (κ3) is 3.72. The van der Waals surface area contributed by atoms with Gasteiger partial charge in [0.05, 0.1) is 6.07 Å². The minimum atomic E-state index is -0.670. The van der Waals surface area contributed by atoms with Crippen LogP contribution < -0.4 is 5.73 Å². The van der Waals surface area contributed by atoms with Crippen molar-refractivity contribution in [2.45, 2.75) is 43.8 Å². The van der Waals surface area contributed by atoms with E-state index in [0.29, 0.717) is 6.42 Å². The van der Waals surface area contributed by atoms with E-state index in [9.17, 15) is 0 Å². The summed E-state index contributed by atoms with van der Waals surface area (Å²) in [6.45, 7) is 3.87. The predicted octanol–water partition coefficient (Wildman–Crippen LogP) is 1.63. The molecule has 17 heavy (non-hydrogen) atoms. The maximum absolute atomic E-state index is 8.94. The average Bonchev–Trinajstić information content (AvgIpc) is 2.66. The minimum Gasteiger partial charge on any atom is -0.313 e. The van der Waals surface area contributed by atoms with E-state index >= 15 is 0 Å². The molecule has 0 amide bonds. The van der Waals surface area contributed by atoms with Crippen molar-refractivity contribution in [3.63, 3.8) is 0 Å². The van der Waals surface area contributed by atoms with Crippen molar-refractivity contribution in [3.05, 3.63) is 5.82 Å². The molecule has 1 aromatic rings. The second-order valence-electron chi connectivity index (χ2n) is 4.16. The Morgan fingerprint density at radius 3 is 2.71 bits per heavy atom. The number of rotatable bonds is 6. The van der Waals surface area contributed by atoms with Crippen LogP contribution in [0.5, 0.6) is 0 Å². The van der Waals surface area contributed by atoms with Gasteiger partial charge in [-0.2, -0.15) is 5.26 Å². The van der Waals surface area contributed by atoms with Gasteiger partial charge in [-0.25, -0.2) is 0 Å². The molecule has 0 aliphatic rings. The molecule has 2 N–H and O–H groups in total. The van der Waals surface area contributed by atoms with Crippen molar-refractivity contribution in [3.8, 4) is 6.07 Å². The van der Waals surface area contributed by atoms with E-state index in [1.807, 2.05) is 25.5 Å². The fraction of sp³-hybridized carbons (Fsp3) is 0.727. The van der Waals surface area contributed by atoms with Gasteiger partial charge in [-0.1, -0.05) is 18.7 Å². The minimum absolute atomic E-state index is 0.670. The third-order valence-electron chi connectivity index (χ3n) is 2.90. The Bertz CT molecular complexity index is 408. The van der Waals surface area contributed by atoms with Gasteiger partial charge in [-0.3, -0.25) is 0 Å². The molecule has 0 aliphatic heterocycles. The summed E-state index contributed by atoms with van der Waals surface area (Å²) in [7, 11) is 1.95. The fourth-order valence-corrected chi connectivity index (χ4v) is 2.27. The molecule has 94 valence electrons. The van der Waals surface area contributed by atoms with Gasteiger partial charge in [0, 0.05) is 12.8 Å². The molecule has 0 bridgehead atoms. The number of aromatic nitrogens is 3. The Morgan fingerprint density at radius 2 is 2.24 bits per heavy atom. The first-order valence-electron chi connectivity index (χ1n) is 5.71. The highest BCUT2D eigenvalue weighted by molar-refractivity contribution is 7.99. The van der Waals surface area contributed by atoms with Crippen LogP contribution in [0.2, 0.25) is 0 Å². The highest BCUT2D eigenvalue weighted by atomic mass is 32.2. The molecule has 1 heterocycles. The molecule has 0 fully saturated rings. The zero-order valence-corrected chi connectivity index (χ0v) is 11.4. The Balaban J connectivity index is 2.35. The van der Waals surface area contributed by atoms with E-state index in [1.54, 1.807) is 11.8 Å². The Hall–Kier alpha value is -1.06. The van der Waals surface area contributed by atoms with Gasteiger partial charge in [-0.05, 0) is 26.2 Å². The number of thioether (sulfide) groups is 1. The Kier molecular flexibility index (Phi) is 4.97. The summed E-state index contributed by atoms with van der Waals surface area (Å²) in [5, 5.41) is 17.9. The van der Waals surface area contributed by atoms with Crippen LogP contribution in [0.3, 0.4) is 0 Å². The Labute approximate surface area is 106 Å². The highest BCUT2D eigenvalue weighted by Crippen LogP contribution is 2.20. The number of aryl methyl sites for hydroxylation is 1. The summed E-state index contributed by atoms with van der Waals surface area (Å²) >= 11 is 1.65. The van der Waals surface area contributed by atoms with E-state index in [0.717, 1.165) is 29.6 Å². The molecule has 0 aliphatic carbocycles. The van der Waals surface area contributed by atoms with Gasteiger partial charge in [0.15, 0.2) is 5.16 Å². The monoisotopic (exact) mass is 253 g/mol. The quantitative estimate of drug-likeness (QED) is 0.615. The highest BCUT2D eigenvalue weighted by Gasteiger charge is 2.21. The molecule has 5 nitrogen and oxygen atoms in total. The van der Waals surface area contributed by atoms with Crippen LogP contribution in [0.1, 0.15) is 32.0 Å². The van der Waals surface area contributed by atoms with Crippen molar-refractivity contribution in [1.29, 1.82) is 5.26 Å². The first kappa shape index (κ1) is 14.0. The van der Waals surface area contributed by atoms with Gasteiger partial charge in [0.25, 0.3) is 0 Å². The van der Waals surface area contributed by atoms with Crippen LogP contribution in [0.25, 0.3) is 0 Å². The number of hydrogen-bond acceptors (Lipinski definition) is 5. The van der Waals surface area contributed by atoms with Crippen LogP contribution in [-0.4, -0.2) is 26.1 Å². The average molecular weight is 253 g/mol. The van der Waals surface area contributed by atoms with Crippen molar-refractivity contribution in [2.24, 2.45) is 12.8 Å². The number of nitrogens with two attached hydrogens (primary N) is 1. The van der Waals surface area contributed by atoms with Gasteiger partial charge in [0.2, 0.25) is 0 Å². The summed E-state index contributed by atoms with van der Waals surface area (Å²) in [5.74, 6) is 1.82. The smallest absolute Gasteiger partial charge is 0.190 e. The standard InChI is InChI=1S/C11H19N5S/c1-4-11(13,8-12)6-5-7-17-10-15-14-9(2)16(10)3/h4-7,13H2,1-3H3. The Morgan fingerprint density at radius 1 is 1.53 bits per heavy atom. The number of hydrogen-bond donors (Lipinski definition) is 1. The normalized spacial score (nSPS) is 14.3. The number of nitriles is 1. The van der Waals surface area contributed by atoms with Gasteiger partial charge in [-0.15, -0.1) is 10.2 Å². The van der Waals surface area contributed by atoms with Gasteiger partial charge in [0.1, 0.15) is 11.4 Å². The van der Waals surface area contributed by atoms with Crippen molar-refractivity contribution in [2.75, 3.05) is 5.75 Å². The molecule has 1 rings (SSSR count). The van der Waals surface area contributed by atoms with Gasteiger partial charge < -0.3 is 10.3 Å².